The summed E-state index contributed by atoms with van der Waals surface area (Å²) in [5.74, 6) is -1.57. The molecule has 2 unspecified atom stereocenters. The molecule has 0 saturated carbocycles. The van der Waals surface area contributed by atoms with E-state index in [-0.39, 0.29) is 29.8 Å². The lowest BCUT2D eigenvalue weighted by Gasteiger charge is -2.34. The number of cyclic esters (lactones) is 1. The van der Waals surface area contributed by atoms with Crippen molar-refractivity contribution < 1.29 is 29.3 Å². The van der Waals surface area contributed by atoms with Gasteiger partial charge in [-0.1, -0.05) is 52.3 Å². The van der Waals surface area contributed by atoms with Crippen molar-refractivity contribution in [3.8, 4) is 0 Å². The van der Waals surface area contributed by atoms with Crippen LogP contribution in [0, 0.1) is 17.3 Å². The van der Waals surface area contributed by atoms with Crippen molar-refractivity contribution in [2.75, 3.05) is 0 Å². The molecule has 4 rings (SSSR count). The molecule has 7 atom stereocenters. The van der Waals surface area contributed by atoms with Gasteiger partial charge >= 0.3 is 5.97 Å². The fourth-order valence-corrected chi connectivity index (χ4v) is 5.50. The lowest BCUT2D eigenvalue weighted by Crippen LogP contribution is -2.45. The second-order valence-corrected chi connectivity index (χ2v) is 11.5. The monoisotopic (exact) mass is 497 g/mol. The lowest BCUT2D eigenvalue weighted by molar-refractivity contribution is -0.156. The summed E-state index contributed by atoms with van der Waals surface area (Å²) in [4.78, 5) is 30.7. The van der Waals surface area contributed by atoms with Gasteiger partial charge in [0.05, 0.1) is 41.3 Å². The Morgan fingerprint density at radius 3 is 2.58 bits per heavy atom. The molecule has 2 fully saturated rings. The van der Waals surface area contributed by atoms with Gasteiger partial charge in [0, 0.05) is 23.9 Å². The highest BCUT2D eigenvalue weighted by Gasteiger charge is 2.53. The predicted octanol–water partition coefficient (Wildman–Crippen LogP) is 4.53. The molecular formula is C29H39NO6. The molecule has 2 aliphatic heterocycles. The molecule has 3 heterocycles. The fourth-order valence-electron chi connectivity index (χ4n) is 5.50. The number of ether oxygens (including phenoxy) is 2. The number of aliphatic hydroxyl groups is 2. The standard InChI is InChI=1S/C29H39NO6/c1-17-8-6-12-29(5)24(36-29)15-22(20-11-10-19-9-7-13-30-21(19)14-20)35-25(32)16-23(31)28(3,4)27(34)18(2)26(17)33/h7,9-11,13-14,17-18,22-24,26,31,33H,6,8,12,15-16H2,1-5H3/t17-,18+,22?,23-,24?,26-,29+/m0/s1. The third-order valence-corrected chi connectivity index (χ3v) is 8.41. The van der Waals surface area contributed by atoms with Gasteiger partial charge in [0.15, 0.2) is 0 Å². The number of aliphatic hydroxyl groups excluding tert-OH is 2. The summed E-state index contributed by atoms with van der Waals surface area (Å²) in [5, 5.41) is 22.8. The zero-order valence-corrected chi connectivity index (χ0v) is 21.9. The number of hydrogen-bond acceptors (Lipinski definition) is 7. The predicted molar refractivity (Wildman–Crippen MR) is 136 cm³/mol. The first-order valence-electron chi connectivity index (χ1n) is 13.0. The summed E-state index contributed by atoms with van der Waals surface area (Å²) in [7, 11) is 0. The molecule has 7 heteroatoms. The number of Topliss-reactive ketones (excluding diaryl/α,β-unsaturated/α-hetero) is 1. The molecule has 2 aliphatic rings. The van der Waals surface area contributed by atoms with Gasteiger partial charge < -0.3 is 19.7 Å². The van der Waals surface area contributed by atoms with Crippen molar-refractivity contribution in [3.05, 3.63) is 42.1 Å². The van der Waals surface area contributed by atoms with Crippen LogP contribution in [0.2, 0.25) is 0 Å². The number of aromatic nitrogens is 1. The molecule has 1 aromatic carbocycles. The van der Waals surface area contributed by atoms with Gasteiger partial charge in [-0.05, 0) is 43.4 Å². The molecule has 0 amide bonds. The van der Waals surface area contributed by atoms with Crippen molar-refractivity contribution in [1.82, 2.24) is 4.98 Å². The maximum Gasteiger partial charge on any atom is 0.309 e. The van der Waals surface area contributed by atoms with Crippen LogP contribution in [0.1, 0.15) is 78.4 Å². The van der Waals surface area contributed by atoms with E-state index in [0.29, 0.717) is 6.42 Å². The topological polar surface area (TPSA) is 109 Å². The first-order valence-corrected chi connectivity index (χ1v) is 13.0. The van der Waals surface area contributed by atoms with E-state index in [4.69, 9.17) is 9.47 Å². The highest BCUT2D eigenvalue weighted by atomic mass is 16.6. The van der Waals surface area contributed by atoms with E-state index in [1.807, 2.05) is 37.3 Å². The molecule has 2 aromatic rings. The average molecular weight is 498 g/mol. The number of fused-ring (bicyclic) bond motifs is 2. The molecular weight excluding hydrogens is 458 g/mol. The normalized spacial score (nSPS) is 36.2. The van der Waals surface area contributed by atoms with Gasteiger partial charge in [0.1, 0.15) is 11.9 Å². The Morgan fingerprint density at radius 2 is 1.83 bits per heavy atom. The molecule has 36 heavy (non-hydrogen) atoms. The molecule has 2 N–H and O–H groups in total. The largest absolute Gasteiger partial charge is 0.457 e. The van der Waals surface area contributed by atoms with Crippen LogP contribution in [-0.4, -0.2) is 50.9 Å². The summed E-state index contributed by atoms with van der Waals surface area (Å²) in [6.45, 7) is 8.97. The Balaban J connectivity index is 1.62. The Hall–Kier alpha value is -2.35. The Labute approximate surface area is 213 Å². The van der Waals surface area contributed by atoms with Crippen LogP contribution < -0.4 is 0 Å². The Kier molecular flexibility index (Phi) is 7.56. The van der Waals surface area contributed by atoms with Crippen molar-refractivity contribution in [2.24, 2.45) is 17.3 Å². The van der Waals surface area contributed by atoms with Crippen LogP contribution in [0.25, 0.3) is 10.9 Å². The summed E-state index contributed by atoms with van der Waals surface area (Å²) in [5.41, 5.74) is 0.107. The zero-order valence-electron chi connectivity index (χ0n) is 21.9. The van der Waals surface area contributed by atoms with E-state index >= 15 is 0 Å². The van der Waals surface area contributed by atoms with Crippen molar-refractivity contribution in [1.29, 1.82) is 0 Å². The number of epoxide rings is 1. The smallest absolute Gasteiger partial charge is 0.309 e. The second kappa shape index (κ2) is 10.2. The van der Waals surface area contributed by atoms with Crippen molar-refractivity contribution >= 4 is 22.7 Å². The van der Waals surface area contributed by atoms with Gasteiger partial charge in [-0.3, -0.25) is 14.6 Å². The second-order valence-electron chi connectivity index (χ2n) is 11.5. The first kappa shape index (κ1) is 26.7. The third kappa shape index (κ3) is 5.48. The molecule has 7 nitrogen and oxygen atoms in total. The number of rotatable bonds is 1. The molecule has 0 bridgehead atoms. The number of hydrogen-bond donors (Lipinski definition) is 2. The van der Waals surface area contributed by atoms with E-state index in [1.54, 1.807) is 27.0 Å². The number of benzene rings is 1. The minimum atomic E-state index is -1.24. The molecule has 0 spiro atoms. The van der Waals surface area contributed by atoms with E-state index < -0.39 is 35.6 Å². The summed E-state index contributed by atoms with van der Waals surface area (Å²) < 4.78 is 12.0. The third-order valence-electron chi connectivity index (χ3n) is 8.41. The minimum absolute atomic E-state index is 0.0651. The Bertz CT molecular complexity index is 1120. The number of nitrogens with zero attached hydrogens (tertiary/aromatic N) is 1. The molecule has 2 saturated heterocycles. The SMILES string of the molecule is C[C@H]1CCC[C@@]2(C)OC2CC(c2ccc3cccnc3c2)OC(=O)C[C@H](O)C(C)(C)C(=O)[C@H](C)[C@H]1O. The molecule has 196 valence electrons. The molecule has 0 aliphatic carbocycles. The lowest BCUT2D eigenvalue weighted by atomic mass is 9.73. The number of esters is 1. The number of carbonyl (C=O) groups is 2. The minimum Gasteiger partial charge on any atom is -0.457 e. The van der Waals surface area contributed by atoms with Crippen LogP contribution in [-0.2, 0) is 19.1 Å². The van der Waals surface area contributed by atoms with Crippen molar-refractivity contribution in [2.45, 2.75) is 96.7 Å². The van der Waals surface area contributed by atoms with E-state index in [2.05, 4.69) is 11.9 Å². The maximum atomic E-state index is 13.3. The molecule has 1 aromatic heterocycles. The van der Waals surface area contributed by atoms with E-state index in [9.17, 15) is 19.8 Å². The van der Waals surface area contributed by atoms with Gasteiger partial charge in [0.2, 0.25) is 0 Å². The quantitative estimate of drug-likeness (QED) is 0.440. The summed E-state index contributed by atoms with van der Waals surface area (Å²) >= 11 is 0. The highest BCUT2D eigenvalue weighted by Crippen LogP contribution is 2.46. The van der Waals surface area contributed by atoms with Gasteiger partial charge in [0.25, 0.3) is 0 Å². The first-order chi connectivity index (χ1) is 16.9. The molecule has 0 radical (unpaired) electrons. The zero-order chi connectivity index (χ0) is 26.3. The van der Waals surface area contributed by atoms with Crippen LogP contribution >= 0.6 is 0 Å². The summed E-state index contributed by atoms with van der Waals surface area (Å²) in [6, 6.07) is 9.69. The highest BCUT2D eigenvalue weighted by molar-refractivity contribution is 5.88. The number of ketones is 1. The summed E-state index contributed by atoms with van der Waals surface area (Å²) in [6.07, 6.45) is 1.66. The van der Waals surface area contributed by atoms with Crippen LogP contribution in [0.4, 0.5) is 0 Å². The van der Waals surface area contributed by atoms with Crippen LogP contribution in [0.15, 0.2) is 36.5 Å². The van der Waals surface area contributed by atoms with E-state index in [0.717, 1.165) is 35.7 Å². The van der Waals surface area contributed by atoms with Crippen LogP contribution in [0.5, 0.6) is 0 Å². The fraction of sp³-hybridized carbons (Fsp3) is 0.621. The average Bonchev–Trinajstić information content (AvgIpc) is 3.49. The van der Waals surface area contributed by atoms with Crippen LogP contribution in [0.3, 0.4) is 0 Å². The number of carbonyl (C=O) groups excluding carboxylic acids is 2. The van der Waals surface area contributed by atoms with Gasteiger partial charge in [-0.2, -0.15) is 0 Å². The van der Waals surface area contributed by atoms with Gasteiger partial charge in [-0.25, -0.2) is 0 Å². The van der Waals surface area contributed by atoms with Crippen molar-refractivity contribution in [3.63, 3.8) is 0 Å². The van der Waals surface area contributed by atoms with E-state index in [1.165, 1.54) is 0 Å². The van der Waals surface area contributed by atoms with Gasteiger partial charge in [-0.15, -0.1) is 0 Å². The Morgan fingerprint density at radius 1 is 1.08 bits per heavy atom. The maximum absolute atomic E-state index is 13.3. The number of pyridine rings is 1.